The molecule has 1 aromatic rings. The summed E-state index contributed by atoms with van der Waals surface area (Å²) < 4.78 is 0. The van der Waals surface area contributed by atoms with Crippen molar-refractivity contribution in [3.63, 3.8) is 0 Å². The average molecular weight is 277 g/mol. The Morgan fingerprint density at radius 2 is 1.95 bits per heavy atom. The van der Waals surface area contributed by atoms with Crippen molar-refractivity contribution >= 4 is 11.9 Å². The molecule has 0 heterocycles. The molecule has 0 aliphatic carbocycles. The van der Waals surface area contributed by atoms with Gasteiger partial charge in [-0.15, -0.1) is 0 Å². The zero-order valence-corrected chi connectivity index (χ0v) is 12.6. The molecule has 0 bridgehead atoms. The minimum absolute atomic E-state index is 0.0532. The largest absolute Gasteiger partial charge is 0.481 e. The van der Waals surface area contributed by atoms with Gasteiger partial charge in [0.05, 0.1) is 6.42 Å². The van der Waals surface area contributed by atoms with Crippen molar-refractivity contribution in [1.82, 2.24) is 5.32 Å². The second-order valence-electron chi connectivity index (χ2n) is 6.24. The average Bonchev–Trinajstić information content (AvgIpc) is 2.32. The number of carbonyl (C=O) groups excluding carboxylic acids is 1. The molecule has 4 nitrogen and oxygen atoms in total. The predicted molar refractivity (Wildman–Crippen MR) is 78.7 cm³/mol. The molecular weight excluding hydrogens is 254 g/mol. The molecule has 0 aliphatic heterocycles. The molecule has 0 spiro atoms. The fourth-order valence-corrected chi connectivity index (χ4v) is 2.00. The van der Waals surface area contributed by atoms with Gasteiger partial charge in [-0.2, -0.15) is 0 Å². The van der Waals surface area contributed by atoms with Gasteiger partial charge in [0.1, 0.15) is 0 Å². The lowest BCUT2D eigenvalue weighted by molar-refractivity contribution is -0.139. The maximum Gasteiger partial charge on any atom is 0.303 e. The van der Waals surface area contributed by atoms with Gasteiger partial charge in [0, 0.05) is 12.1 Å². The summed E-state index contributed by atoms with van der Waals surface area (Å²) >= 11 is 0. The number of amides is 1. The van der Waals surface area contributed by atoms with E-state index in [0.717, 1.165) is 5.56 Å². The van der Waals surface area contributed by atoms with Gasteiger partial charge >= 0.3 is 5.97 Å². The molecule has 0 aliphatic rings. The Morgan fingerprint density at radius 1 is 1.30 bits per heavy atom. The summed E-state index contributed by atoms with van der Waals surface area (Å²) in [7, 11) is 0. The van der Waals surface area contributed by atoms with E-state index in [-0.39, 0.29) is 23.7 Å². The van der Waals surface area contributed by atoms with Crippen molar-refractivity contribution in [1.29, 1.82) is 0 Å². The van der Waals surface area contributed by atoms with Crippen LogP contribution in [0.25, 0.3) is 0 Å². The Kier molecular flexibility index (Phi) is 5.31. The molecule has 0 saturated carbocycles. The number of carboxylic acids is 1. The van der Waals surface area contributed by atoms with Crippen molar-refractivity contribution < 1.29 is 14.7 Å². The van der Waals surface area contributed by atoms with Crippen LogP contribution in [0, 0.1) is 18.3 Å². The van der Waals surface area contributed by atoms with Gasteiger partial charge in [0.2, 0.25) is 0 Å². The van der Waals surface area contributed by atoms with Gasteiger partial charge in [0.25, 0.3) is 5.91 Å². The van der Waals surface area contributed by atoms with E-state index in [1.54, 1.807) is 6.07 Å². The third kappa shape index (κ3) is 5.03. The number of nitrogens with one attached hydrogen (secondary N) is 1. The van der Waals surface area contributed by atoms with Crippen LogP contribution < -0.4 is 5.32 Å². The van der Waals surface area contributed by atoms with Crippen LogP contribution >= 0.6 is 0 Å². The van der Waals surface area contributed by atoms with Gasteiger partial charge in [-0.1, -0.05) is 38.5 Å². The number of aryl methyl sites for hydroxylation is 1. The maximum absolute atomic E-state index is 12.1. The lowest BCUT2D eigenvalue weighted by Crippen LogP contribution is -2.36. The Hall–Kier alpha value is -1.84. The molecule has 1 unspecified atom stereocenters. The monoisotopic (exact) mass is 277 g/mol. The highest BCUT2D eigenvalue weighted by Gasteiger charge is 2.27. The summed E-state index contributed by atoms with van der Waals surface area (Å²) in [5, 5.41) is 11.8. The van der Waals surface area contributed by atoms with Crippen LogP contribution in [0.1, 0.15) is 43.1 Å². The number of aliphatic carboxylic acids is 1. The van der Waals surface area contributed by atoms with E-state index in [1.165, 1.54) is 0 Å². The quantitative estimate of drug-likeness (QED) is 0.869. The Labute approximate surface area is 120 Å². The van der Waals surface area contributed by atoms with Gasteiger partial charge in [-0.25, -0.2) is 0 Å². The van der Waals surface area contributed by atoms with Crippen molar-refractivity contribution in [3.8, 4) is 0 Å². The van der Waals surface area contributed by atoms with Crippen molar-refractivity contribution in [2.45, 2.75) is 34.1 Å². The lowest BCUT2D eigenvalue weighted by Gasteiger charge is -2.29. The van der Waals surface area contributed by atoms with E-state index >= 15 is 0 Å². The van der Waals surface area contributed by atoms with E-state index in [0.29, 0.717) is 12.1 Å². The maximum atomic E-state index is 12.1. The molecule has 0 saturated heterocycles. The summed E-state index contributed by atoms with van der Waals surface area (Å²) in [6.45, 7) is 8.25. The van der Waals surface area contributed by atoms with Crippen molar-refractivity contribution in [3.05, 3.63) is 35.4 Å². The van der Waals surface area contributed by atoms with E-state index in [2.05, 4.69) is 5.32 Å². The van der Waals surface area contributed by atoms with Crippen LogP contribution in [0.4, 0.5) is 0 Å². The van der Waals surface area contributed by atoms with Crippen molar-refractivity contribution in [2.24, 2.45) is 11.3 Å². The normalized spacial score (nSPS) is 12.8. The molecule has 1 aromatic carbocycles. The highest BCUT2D eigenvalue weighted by atomic mass is 16.4. The molecule has 2 N–H and O–H groups in total. The highest BCUT2D eigenvalue weighted by molar-refractivity contribution is 5.94. The molecule has 110 valence electrons. The van der Waals surface area contributed by atoms with Crippen LogP contribution in [-0.4, -0.2) is 23.5 Å². The molecule has 1 amide bonds. The minimum atomic E-state index is -0.838. The predicted octanol–water partition coefficient (Wildman–Crippen LogP) is 2.86. The molecule has 0 fully saturated rings. The first-order valence-corrected chi connectivity index (χ1v) is 6.77. The lowest BCUT2D eigenvalue weighted by atomic mass is 9.78. The molecule has 4 heteroatoms. The first kappa shape index (κ1) is 16.2. The second kappa shape index (κ2) is 6.55. The SMILES string of the molecule is Cc1cccc(C(=O)NCC(CC(=O)O)C(C)(C)C)c1. The highest BCUT2D eigenvalue weighted by Crippen LogP contribution is 2.28. The Balaban J connectivity index is 2.68. The number of rotatable bonds is 5. The third-order valence-corrected chi connectivity index (χ3v) is 3.44. The fourth-order valence-electron chi connectivity index (χ4n) is 2.00. The topological polar surface area (TPSA) is 66.4 Å². The van der Waals surface area contributed by atoms with Crippen LogP contribution in [0.2, 0.25) is 0 Å². The van der Waals surface area contributed by atoms with Crippen molar-refractivity contribution in [2.75, 3.05) is 6.54 Å². The second-order valence-corrected chi connectivity index (χ2v) is 6.24. The fraction of sp³-hybridized carbons (Fsp3) is 0.500. The summed E-state index contributed by atoms with van der Waals surface area (Å²) in [6, 6.07) is 7.34. The standard InChI is InChI=1S/C16H23NO3/c1-11-6-5-7-12(8-11)15(20)17-10-13(9-14(18)19)16(2,3)4/h5-8,13H,9-10H2,1-4H3,(H,17,20)(H,18,19). The van der Waals surface area contributed by atoms with Crippen LogP contribution in [-0.2, 0) is 4.79 Å². The smallest absolute Gasteiger partial charge is 0.303 e. The molecule has 0 aromatic heterocycles. The number of benzene rings is 1. The van der Waals surface area contributed by atoms with Crippen LogP contribution in [0.5, 0.6) is 0 Å². The summed E-state index contributed by atoms with van der Waals surface area (Å²) in [6.07, 6.45) is 0.0532. The summed E-state index contributed by atoms with van der Waals surface area (Å²) in [5.41, 5.74) is 1.46. The Morgan fingerprint density at radius 3 is 2.45 bits per heavy atom. The molecule has 20 heavy (non-hydrogen) atoms. The van der Waals surface area contributed by atoms with Gasteiger partial charge < -0.3 is 10.4 Å². The summed E-state index contributed by atoms with van der Waals surface area (Å²) in [4.78, 5) is 23.0. The molecule has 1 atom stereocenters. The number of carbonyl (C=O) groups is 2. The number of carboxylic acid groups (broad SMARTS) is 1. The van der Waals surface area contributed by atoms with Gasteiger partial charge in [0.15, 0.2) is 0 Å². The summed E-state index contributed by atoms with van der Waals surface area (Å²) in [5.74, 6) is -1.10. The minimum Gasteiger partial charge on any atom is -0.481 e. The zero-order chi connectivity index (χ0) is 15.3. The first-order chi connectivity index (χ1) is 9.20. The molecular formula is C16H23NO3. The van der Waals surface area contributed by atoms with Crippen LogP contribution in [0.15, 0.2) is 24.3 Å². The first-order valence-electron chi connectivity index (χ1n) is 6.77. The molecule has 0 radical (unpaired) electrons. The third-order valence-electron chi connectivity index (χ3n) is 3.44. The van der Waals surface area contributed by atoms with E-state index in [4.69, 9.17) is 5.11 Å². The zero-order valence-electron chi connectivity index (χ0n) is 12.6. The van der Waals surface area contributed by atoms with Gasteiger partial charge in [-0.3, -0.25) is 9.59 Å². The van der Waals surface area contributed by atoms with Crippen LogP contribution in [0.3, 0.4) is 0 Å². The van der Waals surface area contributed by atoms with Gasteiger partial charge in [-0.05, 0) is 30.4 Å². The molecule has 1 rings (SSSR count). The van der Waals surface area contributed by atoms with E-state index in [9.17, 15) is 9.59 Å². The number of hydrogen-bond donors (Lipinski definition) is 2. The van der Waals surface area contributed by atoms with E-state index < -0.39 is 5.97 Å². The number of hydrogen-bond acceptors (Lipinski definition) is 2. The Bertz CT molecular complexity index is 489. The van der Waals surface area contributed by atoms with E-state index in [1.807, 2.05) is 45.9 Å².